The zero-order chi connectivity index (χ0) is 11.5. The molecule has 1 aromatic rings. The van der Waals surface area contributed by atoms with Gasteiger partial charge in [-0.25, -0.2) is 4.31 Å². The van der Waals surface area contributed by atoms with Gasteiger partial charge in [-0.1, -0.05) is 31.5 Å². The van der Waals surface area contributed by atoms with Gasteiger partial charge in [-0.2, -0.15) is 0 Å². The highest BCUT2D eigenvalue weighted by Gasteiger charge is 2.33. The number of hydrogen-bond donors (Lipinski definition) is 0. The summed E-state index contributed by atoms with van der Waals surface area (Å²) < 4.78 is 2.22. The lowest BCUT2D eigenvalue weighted by Crippen LogP contribution is -2.28. The predicted molar refractivity (Wildman–Crippen MR) is 67.3 cm³/mol. The Bertz CT molecular complexity index is 380. The van der Waals surface area contributed by atoms with Gasteiger partial charge < -0.3 is 4.79 Å². The van der Waals surface area contributed by atoms with E-state index in [4.69, 9.17) is 0 Å². The van der Waals surface area contributed by atoms with Crippen molar-refractivity contribution in [1.29, 1.82) is 0 Å². The van der Waals surface area contributed by atoms with Crippen molar-refractivity contribution >= 4 is 18.2 Å². The Hall–Kier alpha value is -0.800. The molecular weight excluding hydrogens is 218 g/mol. The quantitative estimate of drug-likeness (QED) is 0.589. The Morgan fingerprint density at radius 1 is 1.50 bits per heavy atom. The van der Waals surface area contributed by atoms with Crippen molar-refractivity contribution in [2.24, 2.45) is 0 Å². The summed E-state index contributed by atoms with van der Waals surface area (Å²) in [7, 11) is 0. The first-order valence-corrected chi connectivity index (χ1v) is 6.55. The van der Waals surface area contributed by atoms with E-state index < -0.39 is 0 Å². The van der Waals surface area contributed by atoms with Gasteiger partial charge in [-0.3, -0.25) is 0 Å². The van der Waals surface area contributed by atoms with Crippen LogP contribution in [0.4, 0.5) is 0 Å². The molecule has 2 atom stereocenters. The van der Waals surface area contributed by atoms with Gasteiger partial charge in [0, 0.05) is 10.9 Å². The highest BCUT2D eigenvalue weighted by molar-refractivity contribution is 7.97. The summed E-state index contributed by atoms with van der Waals surface area (Å²) in [4.78, 5) is 12.5. The van der Waals surface area contributed by atoms with Crippen LogP contribution in [0.25, 0.3) is 0 Å². The van der Waals surface area contributed by atoms with E-state index in [1.165, 1.54) is 4.90 Å². The minimum Gasteiger partial charge on any atom is -0.301 e. The second kappa shape index (κ2) is 5.02. The van der Waals surface area contributed by atoms with Gasteiger partial charge in [0.15, 0.2) is 0 Å². The van der Waals surface area contributed by atoms with Crippen LogP contribution in [-0.2, 0) is 4.79 Å². The molecule has 86 valence electrons. The Labute approximate surface area is 101 Å². The topological polar surface area (TPSA) is 20.3 Å². The van der Waals surface area contributed by atoms with Gasteiger partial charge in [0.25, 0.3) is 0 Å². The monoisotopic (exact) mass is 235 g/mol. The van der Waals surface area contributed by atoms with Gasteiger partial charge >= 0.3 is 0 Å². The third-order valence-electron chi connectivity index (χ3n) is 2.99. The average Bonchev–Trinajstić information content (AvgIpc) is 2.67. The first-order chi connectivity index (χ1) is 7.77. The van der Waals surface area contributed by atoms with Gasteiger partial charge in [0.05, 0.1) is 0 Å². The van der Waals surface area contributed by atoms with Gasteiger partial charge in [-0.05, 0) is 36.9 Å². The van der Waals surface area contributed by atoms with Crippen LogP contribution in [0, 0.1) is 0 Å². The Balaban J connectivity index is 2.23. The molecule has 3 heteroatoms. The number of nitrogens with zero attached hydrogens (tertiary/aromatic N) is 1. The Morgan fingerprint density at radius 3 is 2.94 bits per heavy atom. The number of carbonyl (C=O) groups excluding carboxylic acids is 1. The summed E-state index contributed by atoms with van der Waals surface area (Å²) in [6.07, 6.45) is 3.34. The zero-order valence-electron chi connectivity index (χ0n) is 9.72. The molecule has 0 saturated carbocycles. The summed E-state index contributed by atoms with van der Waals surface area (Å²) in [5, 5.41) is 0. The number of benzene rings is 1. The van der Waals surface area contributed by atoms with Crippen LogP contribution in [-0.4, -0.2) is 16.6 Å². The lowest BCUT2D eigenvalue weighted by molar-refractivity contribution is -0.111. The number of hydrogen-bond acceptors (Lipinski definition) is 3. The molecule has 2 unspecified atom stereocenters. The molecule has 1 aromatic carbocycles. The van der Waals surface area contributed by atoms with Crippen molar-refractivity contribution in [2.75, 3.05) is 0 Å². The van der Waals surface area contributed by atoms with E-state index in [9.17, 15) is 4.79 Å². The standard InChI is InChI=1S/C13H17NOS/c1-3-6-10(2)14-12(9-15)11-7-4-5-8-13(11)16-14/h4-5,7-10,12H,3,6H2,1-2H3. The fourth-order valence-electron chi connectivity index (χ4n) is 2.16. The zero-order valence-corrected chi connectivity index (χ0v) is 10.5. The summed E-state index contributed by atoms with van der Waals surface area (Å²) in [5.74, 6) is 0. The predicted octanol–water partition coefficient (Wildman–Crippen LogP) is 3.44. The Morgan fingerprint density at radius 2 is 2.25 bits per heavy atom. The summed E-state index contributed by atoms with van der Waals surface area (Å²) in [5.41, 5.74) is 1.16. The fourth-order valence-corrected chi connectivity index (χ4v) is 3.38. The smallest absolute Gasteiger partial charge is 0.142 e. The van der Waals surface area contributed by atoms with Gasteiger partial charge in [0.2, 0.25) is 0 Å². The number of carbonyl (C=O) groups is 1. The van der Waals surface area contributed by atoms with Crippen molar-refractivity contribution in [3.63, 3.8) is 0 Å². The van der Waals surface area contributed by atoms with E-state index in [1.54, 1.807) is 11.9 Å². The molecule has 0 aromatic heterocycles. The second-order valence-electron chi connectivity index (χ2n) is 4.21. The van der Waals surface area contributed by atoms with Crippen LogP contribution in [0.3, 0.4) is 0 Å². The SMILES string of the molecule is CCCC(C)N1Sc2ccccc2C1C=O. The number of rotatable bonds is 4. The Kier molecular flexibility index (Phi) is 3.66. The molecule has 0 bridgehead atoms. The number of aldehydes is 1. The van der Waals surface area contributed by atoms with Crippen LogP contribution in [0.2, 0.25) is 0 Å². The highest BCUT2D eigenvalue weighted by Crippen LogP contribution is 2.44. The van der Waals surface area contributed by atoms with E-state index in [0.717, 1.165) is 24.7 Å². The molecule has 16 heavy (non-hydrogen) atoms. The minimum atomic E-state index is -0.0669. The summed E-state index contributed by atoms with van der Waals surface area (Å²) in [6, 6.07) is 8.56. The van der Waals surface area contributed by atoms with E-state index in [1.807, 2.05) is 12.1 Å². The van der Waals surface area contributed by atoms with Crippen LogP contribution in [0.15, 0.2) is 29.2 Å². The van der Waals surface area contributed by atoms with Crippen molar-refractivity contribution < 1.29 is 4.79 Å². The lowest BCUT2D eigenvalue weighted by atomic mass is 10.1. The fraction of sp³-hybridized carbons (Fsp3) is 0.462. The third-order valence-corrected chi connectivity index (χ3v) is 4.35. The average molecular weight is 235 g/mol. The molecule has 0 fully saturated rings. The van der Waals surface area contributed by atoms with Gasteiger partial charge in [0.1, 0.15) is 12.3 Å². The summed E-state index contributed by atoms with van der Waals surface area (Å²) in [6.45, 7) is 4.37. The maximum absolute atomic E-state index is 11.2. The molecule has 0 radical (unpaired) electrons. The third kappa shape index (κ3) is 2.02. The van der Waals surface area contributed by atoms with Crippen molar-refractivity contribution in [1.82, 2.24) is 4.31 Å². The minimum absolute atomic E-state index is 0.0669. The van der Waals surface area contributed by atoms with Gasteiger partial charge in [-0.15, -0.1) is 0 Å². The molecule has 2 nitrogen and oxygen atoms in total. The maximum atomic E-state index is 11.2. The first kappa shape index (κ1) is 11.7. The summed E-state index contributed by atoms with van der Waals surface area (Å²) >= 11 is 1.72. The largest absolute Gasteiger partial charge is 0.301 e. The van der Waals surface area contributed by atoms with Crippen LogP contribution < -0.4 is 0 Å². The molecule has 1 aliphatic heterocycles. The van der Waals surface area contributed by atoms with E-state index >= 15 is 0 Å². The molecule has 1 aliphatic rings. The van der Waals surface area contributed by atoms with Crippen molar-refractivity contribution in [2.45, 2.75) is 43.7 Å². The first-order valence-electron chi connectivity index (χ1n) is 5.78. The van der Waals surface area contributed by atoms with E-state index in [-0.39, 0.29) is 6.04 Å². The molecule has 0 amide bonds. The molecule has 0 spiro atoms. The number of fused-ring (bicyclic) bond motifs is 1. The lowest BCUT2D eigenvalue weighted by Gasteiger charge is -2.25. The molecule has 0 aliphatic carbocycles. The molecule has 2 rings (SSSR count). The molecule has 0 N–H and O–H groups in total. The molecule has 0 saturated heterocycles. The maximum Gasteiger partial charge on any atom is 0.142 e. The molecule has 1 heterocycles. The van der Waals surface area contributed by atoms with Crippen LogP contribution >= 0.6 is 11.9 Å². The highest BCUT2D eigenvalue weighted by atomic mass is 32.2. The second-order valence-corrected chi connectivity index (χ2v) is 5.25. The van der Waals surface area contributed by atoms with E-state index in [0.29, 0.717) is 6.04 Å². The normalized spacial score (nSPS) is 21.8. The van der Waals surface area contributed by atoms with E-state index in [2.05, 4.69) is 30.3 Å². The molecular formula is C13H17NOS. The van der Waals surface area contributed by atoms with Crippen LogP contribution in [0.5, 0.6) is 0 Å². The van der Waals surface area contributed by atoms with Crippen molar-refractivity contribution in [3.05, 3.63) is 29.8 Å². The van der Waals surface area contributed by atoms with Crippen LogP contribution in [0.1, 0.15) is 38.3 Å². The van der Waals surface area contributed by atoms with Crippen molar-refractivity contribution in [3.8, 4) is 0 Å².